The van der Waals surface area contributed by atoms with E-state index < -0.39 is 0 Å². The molecule has 1 aliphatic carbocycles. The van der Waals surface area contributed by atoms with Crippen LogP contribution in [0.15, 0.2) is 42.5 Å². The lowest BCUT2D eigenvalue weighted by molar-refractivity contribution is 0.415. The number of nitrogens with zero attached hydrogens (tertiary/aromatic N) is 2. The monoisotopic (exact) mass is 367 g/mol. The van der Waals surface area contributed by atoms with Crippen molar-refractivity contribution in [2.24, 2.45) is 0 Å². The van der Waals surface area contributed by atoms with Crippen LogP contribution in [0.3, 0.4) is 0 Å². The summed E-state index contributed by atoms with van der Waals surface area (Å²) in [5.74, 6) is 2.41. The molecule has 1 N–H and O–H groups in total. The Morgan fingerprint density at radius 1 is 1.00 bits per heavy atom. The molecular weight excluding hydrogens is 346 g/mol. The standard InChI is InChI=1S/C21H22ClN3O/c1-26-17-10-7-14(8-11-17)20-24-19-13-15(22)9-12-18(19)21(25-20)23-16-5-3-2-4-6-16/h7-13,16H,2-6H2,1H3,(H,23,24,25). The number of fused-ring (bicyclic) bond motifs is 1. The van der Waals surface area contributed by atoms with Crippen LogP contribution in [-0.4, -0.2) is 23.1 Å². The van der Waals surface area contributed by atoms with Crippen molar-refractivity contribution >= 4 is 28.3 Å². The summed E-state index contributed by atoms with van der Waals surface area (Å²) in [6, 6.07) is 14.1. The Morgan fingerprint density at radius 2 is 1.77 bits per heavy atom. The maximum absolute atomic E-state index is 6.20. The lowest BCUT2D eigenvalue weighted by atomic mass is 9.95. The third kappa shape index (κ3) is 3.61. The van der Waals surface area contributed by atoms with Crippen molar-refractivity contribution in [2.45, 2.75) is 38.1 Å². The van der Waals surface area contributed by atoms with E-state index in [-0.39, 0.29) is 0 Å². The summed E-state index contributed by atoms with van der Waals surface area (Å²) in [5, 5.41) is 5.35. The number of hydrogen-bond donors (Lipinski definition) is 1. The summed E-state index contributed by atoms with van der Waals surface area (Å²) in [5.41, 5.74) is 1.82. The highest BCUT2D eigenvalue weighted by Crippen LogP contribution is 2.30. The highest BCUT2D eigenvalue weighted by Gasteiger charge is 2.17. The molecule has 2 aromatic carbocycles. The fourth-order valence-corrected chi connectivity index (χ4v) is 3.69. The first-order chi connectivity index (χ1) is 12.7. The van der Waals surface area contributed by atoms with Crippen LogP contribution in [-0.2, 0) is 0 Å². The van der Waals surface area contributed by atoms with Crippen LogP contribution in [0.2, 0.25) is 5.02 Å². The Bertz CT molecular complexity index is 905. The maximum atomic E-state index is 6.20. The number of methoxy groups -OCH3 is 1. The van der Waals surface area contributed by atoms with E-state index in [1.807, 2.05) is 42.5 Å². The summed E-state index contributed by atoms with van der Waals surface area (Å²) in [7, 11) is 1.66. The zero-order chi connectivity index (χ0) is 17.9. The third-order valence-corrected chi connectivity index (χ3v) is 5.19. The second-order valence-electron chi connectivity index (χ2n) is 6.77. The second-order valence-corrected chi connectivity index (χ2v) is 7.20. The number of hydrogen-bond acceptors (Lipinski definition) is 4. The van der Waals surface area contributed by atoms with E-state index in [0.717, 1.165) is 28.0 Å². The Kier molecular flexibility index (Phi) is 4.93. The topological polar surface area (TPSA) is 47.0 Å². The first-order valence-electron chi connectivity index (χ1n) is 9.11. The zero-order valence-electron chi connectivity index (χ0n) is 14.8. The van der Waals surface area contributed by atoms with Crippen LogP contribution in [0, 0.1) is 0 Å². The number of aromatic nitrogens is 2. The third-order valence-electron chi connectivity index (χ3n) is 4.95. The van der Waals surface area contributed by atoms with E-state index in [4.69, 9.17) is 26.3 Å². The largest absolute Gasteiger partial charge is 0.497 e. The van der Waals surface area contributed by atoms with Crippen molar-refractivity contribution in [1.29, 1.82) is 0 Å². The quantitative estimate of drug-likeness (QED) is 0.642. The summed E-state index contributed by atoms with van der Waals surface area (Å²) in [6.45, 7) is 0. The van der Waals surface area contributed by atoms with Gasteiger partial charge < -0.3 is 10.1 Å². The van der Waals surface area contributed by atoms with Crippen LogP contribution >= 0.6 is 11.6 Å². The van der Waals surface area contributed by atoms with Crippen LogP contribution < -0.4 is 10.1 Å². The van der Waals surface area contributed by atoms with Gasteiger partial charge in [0.25, 0.3) is 0 Å². The van der Waals surface area contributed by atoms with E-state index >= 15 is 0 Å². The van der Waals surface area contributed by atoms with Gasteiger partial charge in [0.05, 0.1) is 12.6 Å². The molecule has 1 aliphatic rings. The molecule has 0 aliphatic heterocycles. The SMILES string of the molecule is COc1ccc(-c2nc(NC3CCCCC3)c3ccc(Cl)cc3n2)cc1. The van der Waals surface area contributed by atoms with E-state index in [0.29, 0.717) is 16.9 Å². The predicted molar refractivity (Wildman–Crippen MR) is 107 cm³/mol. The number of ether oxygens (including phenoxy) is 1. The molecule has 0 radical (unpaired) electrons. The molecule has 26 heavy (non-hydrogen) atoms. The van der Waals surface area contributed by atoms with Crippen LogP contribution in [0.5, 0.6) is 5.75 Å². The second kappa shape index (κ2) is 7.50. The fourth-order valence-electron chi connectivity index (χ4n) is 3.52. The minimum Gasteiger partial charge on any atom is -0.497 e. The van der Waals surface area contributed by atoms with Gasteiger partial charge in [0.15, 0.2) is 5.82 Å². The molecule has 5 heteroatoms. The van der Waals surface area contributed by atoms with Crippen LogP contribution in [0.4, 0.5) is 5.82 Å². The Balaban J connectivity index is 1.77. The van der Waals surface area contributed by atoms with Crippen LogP contribution in [0.25, 0.3) is 22.3 Å². The van der Waals surface area contributed by atoms with E-state index in [1.54, 1.807) is 7.11 Å². The molecule has 1 saturated carbocycles. The summed E-state index contributed by atoms with van der Waals surface area (Å²) in [6.07, 6.45) is 6.26. The van der Waals surface area contributed by atoms with Crippen LogP contribution in [0.1, 0.15) is 32.1 Å². The normalized spacial score (nSPS) is 15.2. The van der Waals surface area contributed by atoms with Gasteiger partial charge in [-0.3, -0.25) is 0 Å². The zero-order valence-corrected chi connectivity index (χ0v) is 15.6. The summed E-state index contributed by atoms with van der Waals surface area (Å²) < 4.78 is 5.24. The molecule has 3 aromatic rings. The van der Waals surface area contributed by atoms with Gasteiger partial charge in [-0.05, 0) is 55.3 Å². The lowest BCUT2D eigenvalue weighted by Gasteiger charge is -2.24. The van der Waals surface area contributed by atoms with E-state index in [9.17, 15) is 0 Å². The van der Waals surface area contributed by atoms with Crippen molar-refractivity contribution < 1.29 is 4.74 Å². The molecule has 4 nitrogen and oxygen atoms in total. The molecule has 0 spiro atoms. The Labute approximate surface area is 158 Å². The average Bonchev–Trinajstić information content (AvgIpc) is 2.68. The number of benzene rings is 2. The summed E-state index contributed by atoms with van der Waals surface area (Å²) in [4.78, 5) is 9.58. The first kappa shape index (κ1) is 17.1. The molecule has 0 bridgehead atoms. The van der Waals surface area contributed by atoms with Crippen molar-refractivity contribution in [2.75, 3.05) is 12.4 Å². The van der Waals surface area contributed by atoms with Gasteiger partial charge in [0, 0.05) is 22.0 Å². The fraction of sp³-hybridized carbons (Fsp3) is 0.333. The maximum Gasteiger partial charge on any atom is 0.162 e. The van der Waals surface area contributed by atoms with Gasteiger partial charge in [0.1, 0.15) is 11.6 Å². The van der Waals surface area contributed by atoms with Gasteiger partial charge in [-0.1, -0.05) is 30.9 Å². The predicted octanol–water partition coefficient (Wildman–Crippen LogP) is 5.70. The van der Waals surface area contributed by atoms with Crippen molar-refractivity contribution in [3.8, 4) is 17.1 Å². The highest BCUT2D eigenvalue weighted by molar-refractivity contribution is 6.31. The first-order valence-corrected chi connectivity index (χ1v) is 9.49. The van der Waals surface area contributed by atoms with Gasteiger partial charge in [0.2, 0.25) is 0 Å². The number of anilines is 1. The molecule has 4 rings (SSSR count). The molecule has 1 aromatic heterocycles. The minimum atomic E-state index is 0.473. The molecule has 134 valence electrons. The Hall–Kier alpha value is -2.33. The van der Waals surface area contributed by atoms with E-state index in [2.05, 4.69) is 5.32 Å². The molecule has 1 fully saturated rings. The summed E-state index contributed by atoms with van der Waals surface area (Å²) >= 11 is 6.20. The van der Waals surface area contributed by atoms with Gasteiger partial charge >= 0.3 is 0 Å². The van der Waals surface area contributed by atoms with Crippen molar-refractivity contribution in [3.05, 3.63) is 47.5 Å². The van der Waals surface area contributed by atoms with Crippen molar-refractivity contribution in [3.63, 3.8) is 0 Å². The molecular formula is C21H22ClN3O. The minimum absolute atomic E-state index is 0.473. The lowest BCUT2D eigenvalue weighted by Crippen LogP contribution is -2.23. The van der Waals surface area contributed by atoms with Crippen molar-refractivity contribution in [1.82, 2.24) is 9.97 Å². The number of nitrogens with one attached hydrogen (secondary N) is 1. The smallest absolute Gasteiger partial charge is 0.162 e. The van der Waals surface area contributed by atoms with E-state index in [1.165, 1.54) is 32.1 Å². The average molecular weight is 368 g/mol. The Morgan fingerprint density at radius 3 is 2.50 bits per heavy atom. The van der Waals surface area contributed by atoms with Gasteiger partial charge in [-0.15, -0.1) is 0 Å². The van der Waals surface area contributed by atoms with Gasteiger partial charge in [-0.25, -0.2) is 9.97 Å². The molecule has 0 unspecified atom stereocenters. The molecule has 0 saturated heterocycles. The molecule has 0 atom stereocenters. The van der Waals surface area contributed by atoms with Gasteiger partial charge in [-0.2, -0.15) is 0 Å². The highest BCUT2D eigenvalue weighted by atomic mass is 35.5. The molecule has 1 heterocycles. The number of halogens is 1. The number of rotatable bonds is 4. The molecule has 0 amide bonds.